The van der Waals surface area contributed by atoms with Crippen molar-refractivity contribution in [2.45, 2.75) is 12.1 Å². The summed E-state index contributed by atoms with van der Waals surface area (Å²) in [6.45, 7) is 0. The highest BCUT2D eigenvalue weighted by Gasteiger charge is 2.61. The average molecular weight is 412 g/mol. The molecule has 0 spiro atoms. The largest absolute Gasteiger partial charge is 0.508 e. The summed E-state index contributed by atoms with van der Waals surface area (Å²) in [7, 11) is 0. The Morgan fingerprint density at radius 2 is 1.63 bits per heavy atom. The number of phenolic OH excluding ortho intramolecular Hbond substituents is 2. The smallest absolute Gasteiger partial charge is 0.335 e. The number of nitrogens with zero attached hydrogens (tertiary/aromatic N) is 1. The summed E-state index contributed by atoms with van der Waals surface area (Å²) in [6.07, 6.45) is 0. The number of carboxylic acid groups (broad SMARTS) is 2. The minimum Gasteiger partial charge on any atom is -0.508 e. The molecule has 0 saturated carbocycles. The van der Waals surface area contributed by atoms with Gasteiger partial charge in [0.2, 0.25) is 11.8 Å². The van der Waals surface area contributed by atoms with Crippen molar-refractivity contribution < 1.29 is 39.6 Å². The monoisotopic (exact) mass is 412 g/mol. The standard InChI is InChI=1S/C20H16N2O8/c23-10-4-5-11(12(24)7-10)15-13-14(16(21-15)20(29)30)18(26)22(17(13)25)9-3-1-2-8(6-9)19(27)28/h1-7,13-16,21,23-24H,(H,27,28)(H,29,30)/t13-,14+,15+,16-/m1/s1. The summed E-state index contributed by atoms with van der Waals surface area (Å²) in [5.74, 6) is -7.02. The Morgan fingerprint density at radius 1 is 0.933 bits per heavy atom. The zero-order chi connectivity index (χ0) is 21.7. The number of carboxylic acids is 2. The van der Waals surface area contributed by atoms with Crippen LogP contribution in [0.2, 0.25) is 0 Å². The number of anilines is 1. The maximum Gasteiger partial charge on any atom is 0.335 e. The number of imide groups is 1. The number of carbonyl (C=O) groups excluding carboxylic acids is 2. The van der Waals surface area contributed by atoms with Gasteiger partial charge in [-0.3, -0.25) is 19.7 Å². The fourth-order valence-corrected chi connectivity index (χ4v) is 4.15. The topological polar surface area (TPSA) is 164 Å². The predicted molar refractivity (Wildman–Crippen MR) is 99.9 cm³/mol. The molecule has 0 aromatic heterocycles. The lowest BCUT2D eigenvalue weighted by Gasteiger charge is -2.22. The Kier molecular flexibility index (Phi) is 4.43. The molecule has 2 aliphatic heterocycles. The fourth-order valence-electron chi connectivity index (χ4n) is 4.15. The van der Waals surface area contributed by atoms with Crippen LogP contribution < -0.4 is 10.2 Å². The normalized spacial score (nSPS) is 25.4. The van der Waals surface area contributed by atoms with E-state index in [0.717, 1.165) is 17.0 Å². The summed E-state index contributed by atoms with van der Waals surface area (Å²) in [5, 5.41) is 41.2. The fraction of sp³-hybridized carbons (Fsp3) is 0.200. The molecule has 2 saturated heterocycles. The van der Waals surface area contributed by atoms with E-state index >= 15 is 0 Å². The molecular weight excluding hydrogens is 396 g/mol. The zero-order valence-electron chi connectivity index (χ0n) is 15.2. The number of benzene rings is 2. The third-order valence-corrected chi connectivity index (χ3v) is 5.44. The van der Waals surface area contributed by atoms with Gasteiger partial charge in [-0.15, -0.1) is 0 Å². The van der Waals surface area contributed by atoms with E-state index in [4.69, 9.17) is 0 Å². The van der Waals surface area contributed by atoms with Crippen molar-refractivity contribution in [3.05, 3.63) is 53.6 Å². The number of aliphatic carboxylic acids is 1. The summed E-state index contributed by atoms with van der Waals surface area (Å²) < 4.78 is 0. The molecule has 2 heterocycles. The number of carbonyl (C=O) groups is 4. The van der Waals surface area contributed by atoms with Crippen molar-refractivity contribution in [3.8, 4) is 11.5 Å². The second-order valence-electron chi connectivity index (χ2n) is 7.12. The van der Waals surface area contributed by atoms with Gasteiger partial charge >= 0.3 is 11.9 Å². The molecule has 10 nitrogen and oxygen atoms in total. The van der Waals surface area contributed by atoms with Gasteiger partial charge in [0, 0.05) is 17.7 Å². The molecule has 0 aliphatic carbocycles. The Bertz CT molecular complexity index is 1100. The molecular formula is C20H16N2O8. The third-order valence-electron chi connectivity index (χ3n) is 5.44. The van der Waals surface area contributed by atoms with Crippen molar-refractivity contribution >= 4 is 29.4 Å². The summed E-state index contributed by atoms with van der Waals surface area (Å²) >= 11 is 0. The Hall–Kier alpha value is -3.92. The van der Waals surface area contributed by atoms with E-state index in [1.54, 1.807) is 0 Å². The Morgan fingerprint density at radius 3 is 2.27 bits per heavy atom. The molecule has 0 bridgehead atoms. The summed E-state index contributed by atoms with van der Waals surface area (Å²) in [5.41, 5.74) is 0.0525. The highest BCUT2D eigenvalue weighted by Crippen LogP contribution is 2.47. The highest BCUT2D eigenvalue weighted by atomic mass is 16.4. The Labute approximate surface area is 169 Å². The third kappa shape index (κ3) is 2.85. The van der Waals surface area contributed by atoms with Crippen LogP contribution in [0.3, 0.4) is 0 Å². The lowest BCUT2D eigenvalue weighted by Crippen LogP contribution is -2.43. The molecule has 5 N–H and O–H groups in total. The van der Waals surface area contributed by atoms with Gasteiger partial charge in [-0.25, -0.2) is 9.69 Å². The average Bonchev–Trinajstić information content (AvgIpc) is 3.19. The molecule has 2 aromatic rings. The first kappa shape index (κ1) is 19.4. The first-order chi connectivity index (χ1) is 14.2. The number of hydrogen-bond donors (Lipinski definition) is 5. The lowest BCUT2D eigenvalue weighted by molar-refractivity contribution is -0.142. The van der Waals surface area contributed by atoms with Crippen LogP contribution in [0.15, 0.2) is 42.5 Å². The number of aromatic hydroxyl groups is 2. The van der Waals surface area contributed by atoms with Crippen LogP contribution in [0.1, 0.15) is 22.0 Å². The molecule has 2 amide bonds. The van der Waals surface area contributed by atoms with Crippen LogP contribution in [-0.2, 0) is 14.4 Å². The Balaban J connectivity index is 1.79. The maximum atomic E-state index is 13.2. The van der Waals surface area contributed by atoms with E-state index in [-0.39, 0.29) is 28.3 Å². The van der Waals surface area contributed by atoms with Gasteiger partial charge in [0.15, 0.2) is 0 Å². The molecule has 0 radical (unpaired) electrons. The molecule has 4 atom stereocenters. The number of amides is 2. The van der Waals surface area contributed by atoms with Gasteiger partial charge in [-0.05, 0) is 24.3 Å². The van der Waals surface area contributed by atoms with Crippen molar-refractivity contribution in [1.29, 1.82) is 0 Å². The summed E-state index contributed by atoms with van der Waals surface area (Å²) in [6, 6.07) is 6.51. The number of fused-ring (bicyclic) bond motifs is 1. The van der Waals surface area contributed by atoms with Crippen LogP contribution in [0.4, 0.5) is 5.69 Å². The number of hydrogen-bond acceptors (Lipinski definition) is 7. The van der Waals surface area contributed by atoms with E-state index in [0.29, 0.717) is 0 Å². The van der Waals surface area contributed by atoms with Gasteiger partial charge in [0.1, 0.15) is 17.5 Å². The van der Waals surface area contributed by atoms with Gasteiger partial charge < -0.3 is 20.4 Å². The minimum absolute atomic E-state index is 0.0251. The van der Waals surface area contributed by atoms with Crippen LogP contribution in [-0.4, -0.2) is 50.2 Å². The molecule has 30 heavy (non-hydrogen) atoms. The number of rotatable bonds is 4. The van der Waals surface area contributed by atoms with E-state index in [2.05, 4.69) is 5.32 Å². The zero-order valence-corrected chi connectivity index (χ0v) is 15.2. The minimum atomic E-state index is -1.39. The van der Waals surface area contributed by atoms with Gasteiger partial charge in [0.05, 0.1) is 23.1 Å². The first-order valence-corrected chi connectivity index (χ1v) is 8.92. The van der Waals surface area contributed by atoms with Crippen molar-refractivity contribution in [3.63, 3.8) is 0 Å². The first-order valence-electron chi connectivity index (χ1n) is 8.92. The van der Waals surface area contributed by atoms with Gasteiger partial charge in [0.25, 0.3) is 0 Å². The predicted octanol–water partition coefficient (Wildman–Crippen LogP) is 0.699. The summed E-state index contributed by atoms with van der Waals surface area (Å²) in [4.78, 5) is 50.1. The van der Waals surface area contributed by atoms with Crippen LogP contribution >= 0.6 is 0 Å². The van der Waals surface area contributed by atoms with E-state index in [9.17, 15) is 39.6 Å². The quantitative estimate of drug-likeness (QED) is 0.455. The van der Waals surface area contributed by atoms with Crippen LogP contribution in [0.25, 0.3) is 0 Å². The molecule has 10 heteroatoms. The van der Waals surface area contributed by atoms with Crippen LogP contribution in [0.5, 0.6) is 11.5 Å². The molecule has 4 rings (SSSR count). The second kappa shape index (κ2) is 6.85. The van der Waals surface area contributed by atoms with Crippen molar-refractivity contribution in [2.75, 3.05) is 4.90 Å². The molecule has 2 aromatic carbocycles. The molecule has 0 unspecified atom stereocenters. The van der Waals surface area contributed by atoms with Gasteiger partial charge in [-0.2, -0.15) is 0 Å². The SMILES string of the molecule is O=C(O)c1cccc(N2C(=O)[C@@H]3[C@H](C2=O)[C@H](C(=O)O)N[C@H]3c2ccc(O)cc2O)c1. The van der Waals surface area contributed by atoms with Gasteiger partial charge in [-0.1, -0.05) is 12.1 Å². The van der Waals surface area contributed by atoms with E-state index in [1.807, 2.05) is 0 Å². The van der Waals surface area contributed by atoms with E-state index < -0.39 is 47.7 Å². The van der Waals surface area contributed by atoms with Crippen molar-refractivity contribution in [1.82, 2.24) is 5.32 Å². The van der Waals surface area contributed by atoms with Crippen LogP contribution in [0, 0.1) is 11.8 Å². The molecule has 2 aliphatic rings. The number of phenols is 2. The lowest BCUT2D eigenvalue weighted by atomic mass is 9.86. The van der Waals surface area contributed by atoms with Crippen molar-refractivity contribution in [2.24, 2.45) is 11.8 Å². The number of aromatic carboxylic acids is 1. The molecule has 154 valence electrons. The second-order valence-corrected chi connectivity index (χ2v) is 7.12. The highest BCUT2D eigenvalue weighted by molar-refractivity contribution is 6.24. The number of nitrogens with one attached hydrogen (secondary N) is 1. The molecule has 2 fully saturated rings. The van der Waals surface area contributed by atoms with E-state index in [1.165, 1.54) is 30.3 Å². The maximum absolute atomic E-state index is 13.2.